The van der Waals surface area contributed by atoms with Crippen molar-refractivity contribution in [3.05, 3.63) is 24.0 Å². The van der Waals surface area contributed by atoms with Gasteiger partial charge in [0, 0.05) is 5.92 Å². The first kappa shape index (κ1) is 26.3. The minimum absolute atomic E-state index is 0.0161. The lowest BCUT2D eigenvalue weighted by atomic mass is 9.79. The largest absolute Gasteiger partial charge is 0.472 e. The van der Waals surface area contributed by atoms with E-state index in [9.17, 15) is 9.90 Å². The van der Waals surface area contributed by atoms with Crippen LogP contribution in [0.15, 0.2) is 24.0 Å². The summed E-state index contributed by atoms with van der Waals surface area (Å²) in [6, 6.07) is 0. The summed E-state index contributed by atoms with van der Waals surface area (Å²) in [6.45, 7) is 21.7. The normalized spacial score (nSPS) is 29.3. The number of aliphatic hydroxyl groups is 1. The van der Waals surface area contributed by atoms with Crippen molar-refractivity contribution in [3.8, 4) is 0 Å². The van der Waals surface area contributed by atoms with Crippen LogP contribution in [0.1, 0.15) is 41.5 Å². The lowest BCUT2D eigenvalue weighted by Gasteiger charge is -2.46. The molecule has 0 spiro atoms. The smallest absolute Gasteiger partial charge is 0.337 e. The standard InChI is InChI=1S/C23H42O6Si2/c1-21(2,3)30(8,9)28-15-23(25)13-12-16-17(19(24)26-7)14-27-20(18(16)23)29-31(10,11)22(4,5)6/h12-14,16,18,20,25H,15H2,1-11H3/t16-,18-,20+,23-/m1/s1. The minimum atomic E-state index is -2.20. The van der Waals surface area contributed by atoms with E-state index in [1.165, 1.54) is 13.4 Å². The molecule has 31 heavy (non-hydrogen) atoms. The highest BCUT2D eigenvalue weighted by Crippen LogP contribution is 2.48. The fourth-order valence-corrected chi connectivity index (χ4v) is 5.51. The van der Waals surface area contributed by atoms with Gasteiger partial charge in [0.25, 0.3) is 0 Å². The van der Waals surface area contributed by atoms with Crippen molar-refractivity contribution in [1.29, 1.82) is 0 Å². The van der Waals surface area contributed by atoms with Gasteiger partial charge in [-0.25, -0.2) is 4.79 Å². The number of hydrogen-bond donors (Lipinski definition) is 1. The van der Waals surface area contributed by atoms with Crippen molar-refractivity contribution in [1.82, 2.24) is 0 Å². The summed E-state index contributed by atoms with van der Waals surface area (Å²) >= 11 is 0. The van der Waals surface area contributed by atoms with E-state index in [1.54, 1.807) is 6.08 Å². The summed E-state index contributed by atoms with van der Waals surface area (Å²) < 4.78 is 23.9. The molecule has 1 N–H and O–H groups in total. The van der Waals surface area contributed by atoms with Gasteiger partial charge in [0.1, 0.15) is 5.60 Å². The predicted molar refractivity (Wildman–Crippen MR) is 127 cm³/mol. The van der Waals surface area contributed by atoms with E-state index < -0.39 is 40.4 Å². The maximum atomic E-state index is 12.4. The van der Waals surface area contributed by atoms with Crippen molar-refractivity contribution >= 4 is 22.6 Å². The molecule has 2 rings (SSSR count). The molecule has 0 fully saturated rings. The fraction of sp³-hybridized carbons (Fsp3) is 0.783. The molecule has 0 bridgehead atoms. The fourth-order valence-electron chi connectivity index (χ4n) is 3.34. The second kappa shape index (κ2) is 8.44. The Kier molecular flexibility index (Phi) is 7.17. The third kappa shape index (κ3) is 5.19. The lowest BCUT2D eigenvalue weighted by molar-refractivity contribution is -0.164. The van der Waals surface area contributed by atoms with Crippen LogP contribution in [0.3, 0.4) is 0 Å². The van der Waals surface area contributed by atoms with Gasteiger partial charge in [0.2, 0.25) is 0 Å². The molecule has 2 aliphatic rings. The monoisotopic (exact) mass is 470 g/mol. The Hall–Kier alpha value is -0.936. The zero-order chi connectivity index (χ0) is 24.0. The number of rotatable bonds is 6. The second-order valence-electron chi connectivity index (χ2n) is 11.9. The van der Waals surface area contributed by atoms with E-state index in [0.717, 1.165) is 0 Å². The molecule has 0 aromatic rings. The van der Waals surface area contributed by atoms with Gasteiger partial charge in [-0.05, 0) is 36.3 Å². The van der Waals surface area contributed by atoms with Crippen LogP contribution in [0, 0.1) is 11.8 Å². The number of carbonyl (C=O) groups excluding carboxylic acids is 1. The van der Waals surface area contributed by atoms with Gasteiger partial charge < -0.3 is 23.4 Å². The summed E-state index contributed by atoms with van der Waals surface area (Å²) in [7, 11) is -2.95. The molecule has 0 amide bonds. The summed E-state index contributed by atoms with van der Waals surface area (Å²) in [4.78, 5) is 12.4. The van der Waals surface area contributed by atoms with Gasteiger partial charge in [0.05, 0.1) is 31.5 Å². The van der Waals surface area contributed by atoms with Crippen molar-refractivity contribution < 1.29 is 28.2 Å². The third-order valence-electron chi connectivity index (χ3n) is 7.65. The average molecular weight is 471 g/mol. The van der Waals surface area contributed by atoms with Gasteiger partial charge in [0.15, 0.2) is 22.9 Å². The summed E-state index contributed by atoms with van der Waals surface area (Å²) in [5.41, 5.74) is -0.914. The number of hydrogen-bond acceptors (Lipinski definition) is 6. The molecule has 0 saturated carbocycles. The average Bonchev–Trinajstić information content (AvgIpc) is 2.96. The van der Waals surface area contributed by atoms with Gasteiger partial charge in [-0.1, -0.05) is 53.7 Å². The zero-order valence-electron chi connectivity index (χ0n) is 21.2. The highest BCUT2D eigenvalue weighted by Gasteiger charge is 2.56. The maximum Gasteiger partial charge on any atom is 0.337 e. The molecule has 0 unspecified atom stereocenters. The van der Waals surface area contributed by atoms with Crippen LogP contribution in [0.2, 0.25) is 36.3 Å². The van der Waals surface area contributed by atoms with E-state index in [1.807, 2.05) is 6.08 Å². The van der Waals surface area contributed by atoms with E-state index in [-0.39, 0.29) is 22.6 Å². The Bertz CT molecular complexity index is 744. The SMILES string of the molecule is COC(=O)C1=CO[C@@H](O[Si](C)(C)C(C)(C)C)[C@H]2[C@@H]1C=C[C@@]2(O)CO[Si](C)(C)C(C)(C)C. The predicted octanol–water partition coefficient (Wildman–Crippen LogP) is 4.98. The van der Waals surface area contributed by atoms with Crippen LogP contribution < -0.4 is 0 Å². The number of allylic oxidation sites excluding steroid dienone is 1. The molecular formula is C23H42O6Si2. The van der Waals surface area contributed by atoms with Crippen LogP contribution in [-0.2, 0) is 23.1 Å². The van der Waals surface area contributed by atoms with Crippen LogP contribution in [-0.4, -0.2) is 53.3 Å². The Labute approximate surface area is 190 Å². The number of ether oxygens (including phenoxy) is 2. The van der Waals surface area contributed by atoms with Crippen LogP contribution >= 0.6 is 0 Å². The molecule has 8 heteroatoms. The third-order valence-corrected chi connectivity index (χ3v) is 16.6. The molecule has 0 aromatic carbocycles. The van der Waals surface area contributed by atoms with Crippen LogP contribution in [0.4, 0.5) is 0 Å². The highest BCUT2D eigenvalue weighted by molar-refractivity contribution is 6.74. The molecule has 4 atom stereocenters. The number of methoxy groups -OCH3 is 1. The Balaban J connectivity index is 2.39. The zero-order valence-corrected chi connectivity index (χ0v) is 23.2. The number of esters is 1. The molecule has 0 radical (unpaired) electrons. The van der Waals surface area contributed by atoms with Crippen molar-refractivity contribution in [2.45, 2.75) is 89.7 Å². The van der Waals surface area contributed by atoms with E-state index in [0.29, 0.717) is 5.57 Å². The molecule has 1 aliphatic heterocycles. The first-order valence-electron chi connectivity index (χ1n) is 11.0. The van der Waals surface area contributed by atoms with Gasteiger partial charge in [-0.3, -0.25) is 0 Å². The molecule has 0 aromatic heterocycles. The summed E-state index contributed by atoms with van der Waals surface area (Å²) in [5.74, 6) is -1.31. The molecule has 1 aliphatic carbocycles. The Morgan fingerprint density at radius 2 is 1.65 bits per heavy atom. The topological polar surface area (TPSA) is 74.2 Å². The summed E-state index contributed by atoms with van der Waals surface area (Å²) in [6.07, 6.45) is 4.38. The van der Waals surface area contributed by atoms with Gasteiger partial charge >= 0.3 is 5.97 Å². The minimum Gasteiger partial charge on any atom is -0.472 e. The van der Waals surface area contributed by atoms with E-state index in [2.05, 4.69) is 67.7 Å². The van der Waals surface area contributed by atoms with Gasteiger partial charge in [-0.2, -0.15) is 0 Å². The first-order chi connectivity index (χ1) is 13.9. The lowest BCUT2D eigenvalue weighted by Crippen LogP contribution is -2.56. The second-order valence-corrected chi connectivity index (χ2v) is 21.5. The Morgan fingerprint density at radius 3 is 2.13 bits per heavy atom. The Morgan fingerprint density at radius 1 is 1.10 bits per heavy atom. The van der Waals surface area contributed by atoms with E-state index >= 15 is 0 Å². The van der Waals surface area contributed by atoms with Gasteiger partial charge in [-0.15, -0.1) is 0 Å². The molecular weight excluding hydrogens is 428 g/mol. The van der Waals surface area contributed by atoms with E-state index in [4.69, 9.17) is 18.3 Å². The van der Waals surface area contributed by atoms with Crippen LogP contribution in [0.25, 0.3) is 0 Å². The molecule has 6 nitrogen and oxygen atoms in total. The maximum absolute atomic E-state index is 12.4. The highest BCUT2D eigenvalue weighted by atomic mass is 28.4. The molecule has 0 saturated heterocycles. The summed E-state index contributed by atoms with van der Waals surface area (Å²) in [5, 5.41) is 11.7. The first-order valence-corrected chi connectivity index (χ1v) is 16.9. The van der Waals surface area contributed by atoms with Crippen molar-refractivity contribution in [2.75, 3.05) is 13.7 Å². The van der Waals surface area contributed by atoms with Crippen molar-refractivity contribution in [2.24, 2.45) is 11.8 Å². The molecule has 1 heterocycles. The number of carbonyl (C=O) groups is 1. The molecule has 178 valence electrons. The van der Waals surface area contributed by atoms with Crippen LogP contribution in [0.5, 0.6) is 0 Å². The number of fused-ring (bicyclic) bond motifs is 1. The quantitative estimate of drug-likeness (QED) is 0.335. The van der Waals surface area contributed by atoms with Crippen molar-refractivity contribution in [3.63, 3.8) is 0 Å².